The van der Waals surface area contributed by atoms with Gasteiger partial charge in [-0.05, 0) is 64.2 Å². The Balaban J connectivity index is 4.43. The highest BCUT2D eigenvalue weighted by molar-refractivity contribution is 5.72. The van der Waals surface area contributed by atoms with Gasteiger partial charge < -0.3 is 23.8 Å². The number of carbonyl (C=O) groups excluding carboxylic acids is 2. The van der Waals surface area contributed by atoms with Gasteiger partial charge in [-0.2, -0.15) is 0 Å². The molecule has 0 rings (SSSR count). The van der Waals surface area contributed by atoms with Crippen molar-refractivity contribution in [2.45, 2.75) is 174 Å². The van der Waals surface area contributed by atoms with E-state index in [0.29, 0.717) is 19.3 Å². The minimum Gasteiger partial charge on any atom is -0.477 e. The maximum absolute atomic E-state index is 12.7. The molecule has 0 aliphatic rings. The summed E-state index contributed by atoms with van der Waals surface area (Å²) in [6.07, 6.45) is 47.9. The first kappa shape index (κ1) is 52.8. The van der Waals surface area contributed by atoms with Gasteiger partial charge in [0.15, 0.2) is 12.1 Å². The van der Waals surface area contributed by atoms with Gasteiger partial charge in [-0.15, -0.1) is 0 Å². The van der Waals surface area contributed by atoms with Gasteiger partial charge in [0.05, 0.1) is 34.4 Å². The number of nitrogens with zero attached hydrogens (tertiary/aromatic N) is 1. The molecule has 0 heterocycles. The molecule has 0 aromatic heterocycles. The number of hydrogen-bond acceptors (Lipinski definition) is 6. The monoisotopic (exact) mass is 785 g/mol. The number of ether oxygens (including phenoxy) is 3. The molecule has 0 saturated heterocycles. The number of carboxylic acid groups (broad SMARTS) is 1. The Morgan fingerprint density at radius 1 is 0.571 bits per heavy atom. The predicted molar refractivity (Wildman–Crippen MR) is 233 cm³/mol. The quantitative estimate of drug-likeness (QED) is 0.0219. The van der Waals surface area contributed by atoms with Crippen LogP contribution in [0.1, 0.15) is 162 Å². The minimum atomic E-state index is -0.884. The van der Waals surface area contributed by atoms with Gasteiger partial charge in [0.1, 0.15) is 6.61 Å². The van der Waals surface area contributed by atoms with E-state index in [0.717, 1.165) is 83.5 Å². The number of allylic oxidation sites excluding steroid dienone is 12. The Bertz CT molecular complexity index is 1140. The highest BCUT2D eigenvalue weighted by atomic mass is 16.6. The van der Waals surface area contributed by atoms with E-state index in [9.17, 15) is 19.5 Å². The smallest absolute Gasteiger partial charge is 0.362 e. The fourth-order valence-electron chi connectivity index (χ4n) is 6.02. The summed E-state index contributed by atoms with van der Waals surface area (Å²) in [6.45, 7) is 4.54. The zero-order chi connectivity index (χ0) is 41.4. The van der Waals surface area contributed by atoms with Crippen molar-refractivity contribution < 1.29 is 38.2 Å². The number of quaternary nitrogens is 1. The van der Waals surface area contributed by atoms with E-state index in [1.54, 1.807) is 0 Å². The Morgan fingerprint density at radius 3 is 1.62 bits per heavy atom. The maximum Gasteiger partial charge on any atom is 0.362 e. The maximum atomic E-state index is 12.7. The second-order valence-corrected chi connectivity index (χ2v) is 15.7. The molecule has 2 atom stereocenters. The number of hydrogen-bond donors (Lipinski definition) is 1. The molecule has 0 aliphatic carbocycles. The van der Waals surface area contributed by atoms with E-state index in [1.165, 1.54) is 44.9 Å². The fourth-order valence-corrected chi connectivity index (χ4v) is 6.02. The van der Waals surface area contributed by atoms with Gasteiger partial charge in [-0.1, -0.05) is 151 Å². The van der Waals surface area contributed by atoms with E-state index in [4.69, 9.17) is 14.2 Å². The van der Waals surface area contributed by atoms with Crippen LogP contribution in [0.5, 0.6) is 0 Å². The highest BCUT2D eigenvalue weighted by Gasteiger charge is 2.31. The fraction of sp³-hybridized carbons (Fsp3) is 0.688. The van der Waals surface area contributed by atoms with Crippen LogP contribution in [0, 0.1) is 0 Å². The van der Waals surface area contributed by atoms with Gasteiger partial charge in [0.25, 0.3) is 0 Å². The minimum absolute atomic E-state index is 0.0450. The molecular weight excluding hydrogens is 703 g/mol. The van der Waals surface area contributed by atoms with Crippen molar-refractivity contribution in [3.8, 4) is 0 Å². The van der Waals surface area contributed by atoms with E-state index < -0.39 is 18.1 Å². The summed E-state index contributed by atoms with van der Waals surface area (Å²) >= 11 is 0. The summed E-state index contributed by atoms with van der Waals surface area (Å²) in [4.78, 5) is 37.0. The van der Waals surface area contributed by atoms with Crippen molar-refractivity contribution in [3.05, 3.63) is 72.9 Å². The Morgan fingerprint density at radius 2 is 1.07 bits per heavy atom. The lowest BCUT2D eigenvalue weighted by atomic mass is 10.1. The van der Waals surface area contributed by atoms with Crippen LogP contribution in [0.4, 0.5) is 0 Å². The Hall–Kier alpha value is -3.23. The predicted octanol–water partition coefficient (Wildman–Crippen LogP) is 12.0. The van der Waals surface area contributed by atoms with E-state index >= 15 is 0 Å². The lowest BCUT2D eigenvalue weighted by Gasteiger charge is -2.31. The van der Waals surface area contributed by atoms with Crippen molar-refractivity contribution in [3.63, 3.8) is 0 Å². The molecule has 0 saturated carbocycles. The van der Waals surface area contributed by atoms with E-state index in [-0.39, 0.29) is 36.2 Å². The van der Waals surface area contributed by atoms with Crippen LogP contribution in [-0.4, -0.2) is 80.6 Å². The number of likely N-dealkylation sites (N-methyl/N-ethyl adjacent to an activating group) is 1. The molecule has 0 fully saturated rings. The number of carbonyl (C=O) groups is 3. The molecule has 56 heavy (non-hydrogen) atoms. The van der Waals surface area contributed by atoms with Crippen molar-refractivity contribution in [2.75, 3.05) is 41.0 Å². The van der Waals surface area contributed by atoms with Crippen molar-refractivity contribution in [1.29, 1.82) is 0 Å². The lowest BCUT2D eigenvalue weighted by Crippen LogP contribution is -2.50. The summed E-state index contributed by atoms with van der Waals surface area (Å²) in [5.41, 5.74) is 0. The molecule has 2 unspecified atom stereocenters. The Labute approximate surface area is 342 Å². The summed E-state index contributed by atoms with van der Waals surface area (Å²) in [7, 11) is 5.51. The van der Waals surface area contributed by atoms with Crippen LogP contribution in [0.2, 0.25) is 0 Å². The zero-order valence-electron chi connectivity index (χ0n) is 36.3. The summed E-state index contributed by atoms with van der Waals surface area (Å²) in [5, 5.41) is 9.62. The van der Waals surface area contributed by atoms with E-state index in [1.807, 2.05) is 27.2 Å². The number of aliphatic carboxylic acids is 1. The van der Waals surface area contributed by atoms with Crippen LogP contribution < -0.4 is 0 Å². The molecule has 0 aliphatic heterocycles. The van der Waals surface area contributed by atoms with Crippen LogP contribution in [0.3, 0.4) is 0 Å². The molecule has 0 amide bonds. The number of carboxylic acids is 1. The first-order valence-corrected chi connectivity index (χ1v) is 22.0. The molecule has 8 heteroatoms. The second kappa shape index (κ2) is 38.6. The van der Waals surface area contributed by atoms with Crippen molar-refractivity contribution in [2.24, 2.45) is 0 Å². The van der Waals surface area contributed by atoms with Gasteiger partial charge in [-0.25, -0.2) is 4.79 Å². The molecule has 320 valence electrons. The SMILES string of the molecule is CC/C=C/C/C=C/CCCCCCCCCC(=O)OCC(COCCC(C(=O)O)[N+](C)(C)C)OC(=O)CCCCCCC/C=C/C=C/C=C/C=C/CCCCC. The van der Waals surface area contributed by atoms with Gasteiger partial charge in [0.2, 0.25) is 0 Å². The molecule has 0 spiro atoms. The summed E-state index contributed by atoms with van der Waals surface area (Å²) in [5.74, 6) is -1.52. The number of unbranched alkanes of at least 4 members (excludes halogenated alkanes) is 15. The molecule has 1 N–H and O–H groups in total. The lowest BCUT2D eigenvalue weighted by molar-refractivity contribution is -0.887. The van der Waals surface area contributed by atoms with Gasteiger partial charge in [-0.3, -0.25) is 9.59 Å². The summed E-state index contributed by atoms with van der Waals surface area (Å²) in [6, 6.07) is -0.623. The third-order valence-corrected chi connectivity index (χ3v) is 9.43. The van der Waals surface area contributed by atoms with Crippen molar-refractivity contribution in [1.82, 2.24) is 0 Å². The number of esters is 2. The topological polar surface area (TPSA) is 99.1 Å². The third-order valence-electron chi connectivity index (χ3n) is 9.43. The summed E-state index contributed by atoms with van der Waals surface area (Å²) < 4.78 is 17.2. The molecule has 0 bridgehead atoms. The Kier molecular flexibility index (Phi) is 36.4. The molecule has 8 nitrogen and oxygen atoms in total. The second-order valence-electron chi connectivity index (χ2n) is 15.7. The largest absolute Gasteiger partial charge is 0.477 e. The van der Waals surface area contributed by atoms with Crippen LogP contribution in [0.15, 0.2) is 72.9 Å². The van der Waals surface area contributed by atoms with Crippen LogP contribution in [-0.2, 0) is 28.6 Å². The van der Waals surface area contributed by atoms with Crippen LogP contribution in [0.25, 0.3) is 0 Å². The van der Waals surface area contributed by atoms with Gasteiger partial charge in [0, 0.05) is 19.3 Å². The highest BCUT2D eigenvalue weighted by Crippen LogP contribution is 2.13. The molecule has 0 aromatic carbocycles. The van der Waals surface area contributed by atoms with Crippen LogP contribution >= 0.6 is 0 Å². The standard InChI is InChI=1S/C48H81NO7/c1-6-8-10-12-14-16-18-20-22-23-24-25-27-29-31-33-35-37-39-47(51)56-44(42-54-41-40-45(48(52)53)49(3,4)5)43-55-46(50)38-36-34-32-30-28-26-21-19-17-15-13-11-9-7-2/h9,11,14-18,20,22-25,44-45H,6-8,10,12-13,19,21,26-43H2,1-5H3/p+1/b11-9+,16-14+,17-15+,20-18+,23-22+,25-24+. The first-order chi connectivity index (χ1) is 27.1. The molecule has 0 radical (unpaired) electrons. The molecule has 0 aromatic rings. The average Bonchev–Trinajstić information content (AvgIpc) is 3.15. The average molecular weight is 785 g/mol. The van der Waals surface area contributed by atoms with Crippen molar-refractivity contribution >= 4 is 17.9 Å². The third kappa shape index (κ3) is 36.4. The van der Waals surface area contributed by atoms with E-state index in [2.05, 4.69) is 80.7 Å². The van der Waals surface area contributed by atoms with Gasteiger partial charge >= 0.3 is 17.9 Å². The number of rotatable bonds is 38. The first-order valence-electron chi connectivity index (χ1n) is 22.0. The normalized spacial score (nSPS) is 13.7. The zero-order valence-corrected chi connectivity index (χ0v) is 36.3. The molecular formula is C48H82NO7+.